The molecule has 19 heavy (non-hydrogen) atoms. The summed E-state index contributed by atoms with van der Waals surface area (Å²) in [6.45, 7) is 1.47. The lowest BCUT2D eigenvalue weighted by Crippen LogP contribution is -2.35. The van der Waals surface area contributed by atoms with E-state index >= 15 is 0 Å². The van der Waals surface area contributed by atoms with Crippen molar-refractivity contribution >= 4 is 15.9 Å². The fourth-order valence-corrected chi connectivity index (χ4v) is 2.31. The Hall–Kier alpha value is -1.44. The highest BCUT2D eigenvalue weighted by Crippen LogP contribution is 2.14. The molecular weight excluding hydrogens is 268 g/mol. The maximum Gasteiger partial charge on any atom is 0.251 e. The first kappa shape index (κ1) is 15.6. The van der Waals surface area contributed by atoms with Gasteiger partial charge in [0.25, 0.3) is 5.91 Å². The van der Waals surface area contributed by atoms with Crippen LogP contribution in [-0.2, 0) is 10.0 Å². The van der Waals surface area contributed by atoms with Crippen molar-refractivity contribution in [1.29, 1.82) is 0 Å². The highest BCUT2D eigenvalue weighted by Gasteiger charge is 2.19. The van der Waals surface area contributed by atoms with Crippen LogP contribution in [-0.4, -0.2) is 50.5 Å². The van der Waals surface area contributed by atoms with E-state index in [0.717, 1.165) is 4.31 Å². The number of sulfonamides is 1. The summed E-state index contributed by atoms with van der Waals surface area (Å²) in [5.74, 6) is -0.419. The van der Waals surface area contributed by atoms with E-state index in [0.29, 0.717) is 0 Å². The van der Waals surface area contributed by atoms with Gasteiger partial charge in [0.15, 0.2) is 0 Å². The molecule has 1 amide bonds. The quantitative estimate of drug-likeness (QED) is 0.800. The Morgan fingerprint density at radius 1 is 1.42 bits per heavy atom. The standard InChI is InChI=1S/C12H18N2O4S/c1-9(8-15)13-12(16)10-5-4-6-11(7-10)19(17,18)14(2)3/h4-7,9,15H,8H2,1-3H3,(H,13,16). The minimum Gasteiger partial charge on any atom is -0.394 e. The van der Waals surface area contributed by atoms with E-state index in [1.807, 2.05) is 0 Å². The van der Waals surface area contributed by atoms with Crippen molar-refractivity contribution in [2.24, 2.45) is 0 Å². The maximum atomic E-state index is 11.9. The number of rotatable bonds is 5. The van der Waals surface area contributed by atoms with Crippen LogP contribution < -0.4 is 5.32 Å². The zero-order chi connectivity index (χ0) is 14.6. The maximum absolute atomic E-state index is 11.9. The van der Waals surface area contributed by atoms with Gasteiger partial charge in [0, 0.05) is 25.7 Å². The summed E-state index contributed by atoms with van der Waals surface area (Å²) in [4.78, 5) is 11.9. The van der Waals surface area contributed by atoms with Crippen LogP contribution in [0.1, 0.15) is 17.3 Å². The fourth-order valence-electron chi connectivity index (χ4n) is 1.36. The monoisotopic (exact) mass is 286 g/mol. The van der Waals surface area contributed by atoms with Crippen LogP contribution in [0.15, 0.2) is 29.2 Å². The van der Waals surface area contributed by atoms with Gasteiger partial charge >= 0.3 is 0 Å². The number of hydrogen-bond acceptors (Lipinski definition) is 4. The van der Waals surface area contributed by atoms with E-state index in [1.165, 1.54) is 38.4 Å². The predicted octanol–water partition coefficient (Wildman–Crippen LogP) is 0.0475. The van der Waals surface area contributed by atoms with Gasteiger partial charge in [0.2, 0.25) is 10.0 Å². The smallest absolute Gasteiger partial charge is 0.251 e. The lowest BCUT2D eigenvalue weighted by atomic mass is 10.2. The van der Waals surface area contributed by atoms with Gasteiger partial charge in [0.1, 0.15) is 0 Å². The molecule has 0 spiro atoms. The summed E-state index contributed by atoms with van der Waals surface area (Å²) in [5, 5.41) is 11.4. The van der Waals surface area contributed by atoms with Gasteiger partial charge in [-0.15, -0.1) is 0 Å². The number of nitrogens with zero attached hydrogens (tertiary/aromatic N) is 1. The first-order valence-corrected chi connectivity index (χ1v) is 7.17. The van der Waals surface area contributed by atoms with Crippen molar-refractivity contribution in [1.82, 2.24) is 9.62 Å². The number of carbonyl (C=O) groups is 1. The third kappa shape index (κ3) is 3.76. The summed E-state index contributed by atoms with van der Waals surface area (Å²) < 4.78 is 25.0. The minimum atomic E-state index is -3.56. The summed E-state index contributed by atoms with van der Waals surface area (Å²) in [6.07, 6.45) is 0. The zero-order valence-corrected chi connectivity index (χ0v) is 11.9. The molecule has 1 unspecified atom stereocenters. The first-order chi connectivity index (χ1) is 8.78. The Bertz CT molecular complexity index is 555. The highest BCUT2D eigenvalue weighted by molar-refractivity contribution is 7.89. The number of nitrogens with one attached hydrogen (secondary N) is 1. The summed E-state index contributed by atoms with van der Waals surface area (Å²) in [7, 11) is -0.710. The normalized spacial score (nSPS) is 13.3. The summed E-state index contributed by atoms with van der Waals surface area (Å²) >= 11 is 0. The second-order valence-corrected chi connectivity index (χ2v) is 6.52. The van der Waals surface area contributed by atoms with E-state index in [4.69, 9.17) is 5.11 Å². The van der Waals surface area contributed by atoms with Gasteiger partial charge < -0.3 is 10.4 Å². The van der Waals surface area contributed by atoms with Crippen LogP contribution in [0.3, 0.4) is 0 Å². The summed E-state index contributed by atoms with van der Waals surface area (Å²) in [5.41, 5.74) is 0.239. The zero-order valence-electron chi connectivity index (χ0n) is 11.1. The van der Waals surface area contributed by atoms with Gasteiger partial charge in [-0.2, -0.15) is 0 Å². The van der Waals surface area contributed by atoms with E-state index < -0.39 is 15.9 Å². The van der Waals surface area contributed by atoms with Gasteiger partial charge in [-0.3, -0.25) is 4.79 Å². The second-order valence-electron chi connectivity index (χ2n) is 4.37. The molecule has 0 aromatic heterocycles. The van der Waals surface area contributed by atoms with Crippen LogP contribution >= 0.6 is 0 Å². The first-order valence-electron chi connectivity index (χ1n) is 5.73. The number of carbonyl (C=O) groups excluding carboxylic acids is 1. The third-order valence-electron chi connectivity index (χ3n) is 2.53. The minimum absolute atomic E-state index is 0.0572. The Kier molecular flexibility index (Phi) is 5.04. The van der Waals surface area contributed by atoms with Gasteiger partial charge in [0.05, 0.1) is 11.5 Å². The number of aliphatic hydroxyl groups excluding tert-OH is 1. The molecule has 6 nitrogen and oxygen atoms in total. The van der Waals surface area contributed by atoms with Crippen LogP contribution in [0.5, 0.6) is 0 Å². The number of aliphatic hydroxyl groups is 1. The number of benzene rings is 1. The molecule has 1 rings (SSSR count). The molecule has 0 bridgehead atoms. The molecule has 7 heteroatoms. The molecule has 1 atom stereocenters. The number of hydrogen-bond donors (Lipinski definition) is 2. The van der Waals surface area contributed by atoms with Crippen molar-refractivity contribution in [2.75, 3.05) is 20.7 Å². The Morgan fingerprint density at radius 3 is 2.58 bits per heavy atom. The highest BCUT2D eigenvalue weighted by atomic mass is 32.2. The van der Waals surface area contributed by atoms with Crippen LogP contribution in [0.2, 0.25) is 0 Å². The Labute approximate surface area is 113 Å². The van der Waals surface area contributed by atoms with Crippen molar-refractivity contribution in [3.05, 3.63) is 29.8 Å². The average molecular weight is 286 g/mol. The SMILES string of the molecule is CC(CO)NC(=O)c1cccc(S(=O)(=O)N(C)C)c1. The molecule has 0 aliphatic rings. The number of amides is 1. The molecule has 0 aliphatic carbocycles. The van der Waals surface area contributed by atoms with E-state index in [2.05, 4.69) is 5.32 Å². The Morgan fingerprint density at radius 2 is 2.05 bits per heavy atom. The largest absolute Gasteiger partial charge is 0.394 e. The van der Waals surface area contributed by atoms with Crippen LogP contribution in [0, 0.1) is 0 Å². The Balaban J connectivity index is 3.05. The average Bonchev–Trinajstić information content (AvgIpc) is 2.38. The van der Waals surface area contributed by atoms with Crippen molar-refractivity contribution in [2.45, 2.75) is 17.9 Å². The van der Waals surface area contributed by atoms with E-state index in [-0.39, 0.29) is 23.1 Å². The predicted molar refractivity (Wildman–Crippen MR) is 71.3 cm³/mol. The molecule has 0 aliphatic heterocycles. The second kappa shape index (κ2) is 6.14. The lowest BCUT2D eigenvalue weighted by molar-refractivity contribution is 0.0922. The topological polar surface area (TPSA) is 86.7 Å². The molecular formula is C12H18N2O4S. The van der Waals surface area contributed by atoms with Crippen LogP contribution in [0.25, 0.3) is 0 Å². The molecule has 106 valence electrons. The fraction of sp³-hybridized carbons (Fsp3) is 0.417. The molecule has 2 N–H and O–H groups in total. The van der Waals surface area contributed by atoms with E-state index in [1.54, 1.807) is 6.92 Å². The molecule has 0 fully saturated rings. The van der Waals surface area contributed by atoms with Crippen molar-refractivity contribution in [3.63, 3.8) is 0 Å². The molecule has 0 saturated carbocycles. The van der Waals surface area contributed by atoms with Gasteiger partial charge in [-0.1, -0.05) is 6.07 Å². The summed E-state index contributed by atoms with van der Waals surface area (Å²) in [6, 6.07) is 5.39. The van der Waals surface area contributed by atoms with Crippen molar-refractivity contribution < 1.29 is 18.3 Å². The van der Waals surface area contributed by atoms with E-state index in [9.17, 15) is 13.2 Å². The lowest BCUT2D eigenvalue weighted by Gasteiger charge is -2.13. The van der Waals surface area contributed by atoms with Gasteiger partial charge in [-0.25, -0.2) is 12.7 Å². The van der Waals surface area contributed by atoms with Gasteiger partial charge in [-0.05, 0) is 25.1 Å². The van der Waals surface area contributed by atoms with Crippen molar-refractivity contribution in [3.8, 4) is 0 Å². The molecule has 0 saturated heterocycles. The van der Waals surface area contributed by atoms with Crippen LogP contribution in [0.4, 0.5) is 0 Å². The molecule has 0 radical (unpaired) electrons. The molecule has 1 aromatic carbocycles. The molecule has 1 aromatic rings. The third-order valence-corrected chi connectivity index (χ3v) is 4.34. The molecule has 0 heterocycles.